The molecule has 11 heteroatoms. The number of ether oxygens (including phenoxy) is 2. The number of nitrogens with two attached hydrogens (primary N) is 1. The van der Waals surface area contributed by atoms with Gasteiger partial charge in [0.25, 0.3) is 5.91 Å². The topological polar surface area (TPSA) is 136 Å². The average Bonchev–Trinajstić information content (AvgIpc) is 3.31. The number of halogens is 1. The second-order valence-corrected chi connectivity index (χ2v) is 12.0. The van der Waals surface area contributed by atoms with Crippen molar-refractivity contribution in [3.8, 4) is 17.4 Å². The highest BCUT2D eigenvalue weighted by molar-refractivity contribution is 8.14. The molecule has 0 saturated heterocycles. The molecule has 2 aliphatic rings. The van der Waals surface area contributed by atoms with Crippen LogP contribution in [0.4, 0.5) is 0 Å². The number of aromatic nitrogens is 1. The molecule has 0 fully saturated rings. The van der Waals surface area contributed by atoms with Gasteiger partial charge in [0.1, 0.15) is 23.7 Å². The summed E-state index contributed by atoms with van der Waals surface area (Å²) < 4.78 is 11.5. The number of aliphatic hydroxyl groups is 1. The van der Waals surface area contributed by atoms with Gasteiger partial charge in [0, 0.05) is 11.4 Å². The number of rotatable bonds is 8. The van der Waals surface area contributed by atoms with Gasteiger partial charge in [-0.2, -0.15) is 0 Å². The van der Waals surface area contributed by atoms with Crippen LogP contribution in [0.1, 0.15) is 53.4 Å². The summed E-state index contributed by atoms with van der Waals surface area (Å²) in [5.41, 5.74) is 7.62. The lowest BCUT2D eigenvalue weighted by molar-refractivity contribution is -0.119. The molecule has 0 saturated carbocycles. The molecule has 40 heavy (non-hydrogen) atoms. The molecule has 9 nitrogen and oxygen atoms in total. The van der Waals surface area contributed by atoms with Crippen molar-refractivity contribution in [1.29, 1.82) is 0 Å². The summed E-state index contributed by atoms with van der Waals surface area (Å²) in [6.45, 7) is 3.63. The molecular weight excluding hydrogens is 552 g/mol. The number of benzene rings is 2. The number of aryl methyl sites for hydroxylation is 1. The van der Waals surface area contributed by atoms with E-state index in [1.54, 1.807) is 49.9 Å². The molecule has 0 radical (unpaired) electrons. The number of hydrogen-bond donors (Lipinski definition) is 3. The predicted octanol–water partition coefficient (Wildman–Crippen LogP) is 4.59. The molecule has 1 aliphatic carbocycles. The monoisotopic (exact) mass is 580 g/mol. The average molecular weight is 581 g/mol. The highest BCUT2D eigenvalue weighted by atomic mass is 35.5. The van der Waals surface area contributed by atoms with Crippen LogP contribution in [0, 0.1) is 0 Å². The van der Waals surface area contributed by atoms with Crippen LogP contribution in [0.2, 0.25) is 5.02 Å². The molecule has 0 spiro atoms. The Morgan fingerprint density at radius 2 is 2.05 bits per heavy atom. The molecule has 2 aromatic carbocycles. The number of amides is 2. The summed E-state index contributed by atoms with van der Waals surface area (Å²) in [5.74, 6) is 0.208. The van der Waals surface area contributed by atoms with Crippen LogP contribution in [0.3, 0.4) is 0 Å². The fourth-order valence-corrected chi connectivity index (χ4v) is 6.03. The molecule has 4 N–H and O–H groups in total. The number of carbonyl (C=O) groups is 2. The van der Waals surface area contributed by atoms with Gasteiger partial charge in [-0.25, -0.2) is 4.98 Å². The maximum atomic E-state index is 12.8. The van der Waals surface area contributed by atoms with E-state index < -0.39 is 11.5 Å². The molecule has 1 aliphatic heterocycles. The summed E-state index contributed by atoms with van der Waals surface area (Å²) in [7, 11) is 0. The van der Waals surface area contributed by atoms with E-state index in [-0.39, 0.29) is 46.7 Å². The quantitative estimate of drug-likeness (QED) is 0.354. The standard InChI is InChI=1S/C29H29ClN4O5S/c1-29(2,37)15-38-18-7-8-19-17(14-18)6-10-23-25(19)34-28(40-23)33-24(35)13-16-5-9-22(21(30)12-16)39-27-20(26(31)36)4-3-11-32-27/h3-5,7-9,11-12,14,23,25,37H,6,10,13,15H2,1-2H3,(H2,31,36)(H,33,34,35). The minimum atomic E-state index is -0.905. The van der Waals surface area contributed by atoms with Crippen LogP contribution in [0.5, 0.6) is 17.4 Å². The maximum Gasteiger partial charge on any atom is 0.254 e. The molecule has 2 atom stereocenters. The van der Waals surface area contributed by atoms with E-state index in [2.05, 4.69) is 10.3 Å². The molecule has 3 aromatic rings. The highest BCUT2D eigenvalue weighted by Crippen LogP contribution is 2.45. The Hall–Kier alpha value is -3.60. The van der Waals surface area contributed by atoms with Gasteiger partial charge in [0.05, 0.1) is 23.1 Å². The lowest BCUT2D eigenvalue weighted by atomic mass is 9.87. The SMILES string of the molecule is CC(C)(O)COc1ccc2c(c1)CCC1SC(NC(=O)Cc3ccc(Oc4ncccc4C(N)=O)c(Cl)c3)=NC21. The van der Waals surface area contributed by atoms with Crippen LogP contribution < -0.4 is 20.5 Å². The first-order chi connectivity index (χ1) is 19.1. The number of nitrogens with zero attached hydrogens (tertiary/aromatic N) is 2. The molecule has 2 unspecified atom stereocenters. The first kappa shape index (κ1) is 27.9. The number of aliphatic imine (C=N–C) groups is 1. The molecule has 2 amide bonds. The molecule has 1 aromatic heterocycles. The summed E-state index contributed by atoms with van der Waals surface area (Å²) in [6, 6.07) is 14.0. The van der Waals surface area contributed by atoms with Crippen molar-refractivity contribution in [1.82, 2.24) is 10.3 Å². The van der Waals surface area contributed by atoms with Crippen LogP contribution in [0.25, 0.3) is 0 Å². The molecule has 2 heterocycles. The lowest BCUT2D eigenvalue weighted by Crippen LogP contribution is -2.29. The number of thioether (sulfide) groups is 1. The third kappa shape index (κ3) is 6.57. The van der Waals surface area contributed by atoms with Crippen molar-refractivity contribution in [3.05, 3.63) is 82.0 Å². The van der Waals surface area contributed by atoms with Crippen LogP contribution >= 0.6 is 23.4 Å². The second-order valence-electron chi connectivity index (χ2n) is 10.3. The van der Waals surface area contributed by atoms with Gasteiger partial charge in [-0.15, -0.1) is 0 Å². The van der Waals surface area contributed by atoms with Crippen LogP contribution in [0.15, 0.2) is 59.7 Å². The zero-order valence-electron chi connectivity index (χ0n) is 22.0. The van der Waals surface area contributed by atoms with E-state index in [0.29, 0.717) is 16.5 Å². The van der Waals surface area contributed by atoms with Gasteiger partial charge in [-0.1, -0.05) is 35.5 Å². The number of amidine groups is 1. The van der Waals surface area contributed by atoms with Gasteiger partial charge in [-0.05, 0) is 79.8 Å². The predicted molar refractivity (Wildman–Crippen MR) is 154 cm³/mol. The summed E-state index contributed by atoms with van der Waals surface area (Å²) >= 11 is 7.99. The fraction of sp³-hybridized carbons (Fsp3) is 0.310. The Kier molecular flexibility index (Phi) is 8.02. The Labute approximate surface area is 241 Å². The number of primary amides is 1. The van der Waals surface area contributed by atoms with Crippen molar-refractivity contribution >= 4 is 40.3 Å². The summed E-state index contributed by atoms with van der Waals surface area (Å²) in [4.78, 5) is 33.4. The Bertz CT molecular complexity index is 1490. The number of nitrogens with one attached hydrogen (secondary N) is 1. The van der Waals surface area contributed by atoms with E-state index in [1.165, 1.54) is 17.8 Å². The van der Waals surface area contributed by atoms with Gasteiger partial charge in [0.2, 0.25) is 11.8 Å². The normalized spacial score (nSPS) is 17.9. The van der Waals surface area contributed by atoms with Gasteiger partial charge in [-0.3, -0.25) is 14.6 Å². The van der Waals surface area contributed by atoms with E-state index >= 15 is 0 Å². The van der Waals surface area contributed by atoms with Crippen molar-refractivity contribution < 1.29 is 24.2 Å². The van der Waals surface area contributed by atoms with Gasteiger partial charge >= 0.3 is 0 Å². The Morgan fingerprint density at radius 1 is 1.23 bits per heavy atom. The van der Waals surface area contributed by atoms with Gasteiger partial charge in [0.15, 0.2) is 5.17 Å². The first-order valence-corrected chi connectivity index (χ1v) is 14.0. The molecule has 0 bridgehead atoms. The second kappa shape index (κ2) is 11.5. The minimum absolute atomic E-state index is 0.0323. The zero-order chi connectivity index (χ0) is 28.4. The van der Waals surface area contributed by atoms with E-state index in [9.17, 15) is 14.7 Å². The zero-order valence-corrected chi connectivity index (χ0v) is 23.6. The molecular formula is C29H29ClN4O5S. The molecule has 5 rings (SSSR count). The Balaban J connectivity index is 1.21. The van der Waals surface area contributed by atoms with Crippen molar-refractivity contribution in [2.24, 2.45) is 10.7 Å². The smallest absolute Gasteiger partial charge is 0.254 e. The summed E-state index contributed by atoms with van der Waals surface area (Å²) in [5, 5.41) is 14.0. The van der Waals surface area contributed by atoms with E-state index in [4.69, 9.17) is 31.8 Å². The fourth-order valence-electron chi connectivity index (χ4n) is 4.58. The first-order valence-electron chi connectivity index (χ1n) is 12.8. The summed E-state index contributed by atoms with van der Waals surface area (Å²) in [6.07, 6.45) is 3.42. The lowest BCUT2D eigenvalue weighted by Gasteiger charge is -2.26. The number of carbonyl (C=O) groups excluding carboxylic acids is 2. The van der Waals surface area contributed by atoms with E-state index in [0.717, 1.165) is 24.2 Å². The molecule has 208 valence electrons. The number of hydrogen-bond acceptors (Lipinski definition) is 8. The minimum Gasteiger partial charge on any atom is -0.491 e. The Morgan fingerprint density at radius 3 is 2.80 bits per heavy atom. The van der Waals surface area contributed by atoms with E-state index in [1.807, 2.05) is 18.2 Å². The number of pyridine rings is 1. The van der Waals surface area contributed by atoms with Crippen LogP contribution in [-0.2, 0) is 17.6 Å². The third-order valence-corrected chi connectivity index (χ3v) is 7.97. The van der Waals surface area contributed by atoms with Gasteiger partial charge < -0.3 is 25.6 Å². The van der Waals surface area contributed by atoms with Crippen molar-refractivity contribution in [2.75, 3.05) is 6.61 Å². The highest BCUT2D eigenvalue weighted by Gasteiger charge is 2.36. The van der Waals surface area contributed by atoms with Crippen molar-refractivity contribution in [2.45, 2.75) is 50.0 Å². The number of fused-ring (bicyclic) bond motifs is 3. The largest absolute Gasteiger partial charge is 0.491 e. The van der Waals surface area contributed by atoms with Crippen LogP contribution in [-0.4, -0.2) is 44.5 Å². The third-order valence-electron chi connectivity index (χ3n) is 6.45. The maximum absolute atomic E-state index is 12.8. The van der Waals surface area contributed by atoms with Crippen molar-refractivity contribution in [3.63, 3.8) is 0 Å².